The zero-order chi connectivity index (χ0) is 15.0. The largest absolute Gasteiger partial charge is 0.398 e. The fourth-order valence-corrected chi connectivity index (χ4v) is 2.43. The molecule has 2 N–H and O–H groups in total. The van der Waals surface area contributed by atoms with Gasteiger partial charge < -0.3 is 5.73 Å². The number of rotatable bonds is 2. The van der Waals surface area contributed by atoms with E-state index >= 15 is 0 Å². The molecule has 0 unspecified atom stereocenters. The smallest absolute Gasteiger partial charge is 0.189 e. The number of halogens is 2. The van der Waals surface area contributed by atoms with Crippen molar-refractivity contribution in [2.75, 3.05) is 5.73 Å². The monoisotopic (exact) mass is 363 g/mol. The Morgan fingerprint density at radius 2 is 2.00 bits per heavy atom. The van der Waals surface area contributed by atoms with E-state index in [9.17, 15) is 0 Å². The van der Waals surface area contributed by atoms with E-state index in [-0.39, 0.29) is 0 Å². The number of aryl methyl sites for hydroxylation is 1. The molecule has 0 aliphatic rings. The third kappa shape index (κ3) is 2.64. The number of nitrogens with zero attached hydrogens (tertiary/aromatic N) is 4. The first-order valence-electron chi connectivity index (χ1n) is 6.16. The van der Waals surface area contributed by atoms with Crippen molar-refractivity contribution in [2.45, 2.75) is 6.92 Å². The molecule has 2 aromatic carbocycles. The van der Waals surface area contributed by atoms with Crippen LogP contribution in [0.1, 0.15) is 5.56 Å². The van der Waals surface area contributed by atoms with Crippen molar-refractivity contribution >= 4 is 33.2 Å². The molecule has 0 bridgehead atoms. The van der Waals surface area contributed by atoms with E-state index in [4.69, 9.17) is 17.3 Å². The van der Waals surface area contributed by atoms with Gasteiger partial charge in [0, 0.05) is 20.7 Å². The van der Waals surface area contributed by atoms with Gasteiger partial charge in [-0.05, 0) is 59.3 Å². The van der Waals surface area contributed by atoms with E-state index in [1.807, 2.05) is 25.1 Å². The lowest BCUT2D eigenvalue weighted by Crippen LogP contribution is -2.02. The van der Waals surface area contributed by atoms with Crippen molar-refractivity contribution < 1.29 is 0 Å². The Morgan fingerprint density at radius 1 is 1.19 bits per heavy atom. The normalized spacial score (nSPS) is 10.8. The number of tetrazole rings is 1. The lowest BCUT2D eigenvalue weighted by Gasteiger charge is -2.08. The van der Waals surface area contributed by atoms with Gasteiger partial charge in [0.1, 0.15) is 0 Å². The minimum atomic E-state index is 0.553. The van der Waals surface area contributed by atoms with Gasteiger partial charge >= 0.3 is 0 Å². The van der Waals surface area contributed by atoms with Crippen LogP contribution in [0.5, 0.6) is 0 Å². The van der Waals surface area contributed by atoms with Crippen molar-refractivity contribution in [3.63, 3.8) is 0 Å². The average molecular weight is 365 g/mol. The summed E-state index contributed by atoms with van der Waals surface area (Å²) in [6.07, 6.45) is 0. The van der Waals surface area contributed by atoms with Crippen molar-refractivity contribution in [3.8, 4) is 17.1 Å². The predicted octanol–water partition coefficient (Wildman–Crippen LogP) is 3.64. The van der Waals surface area contributed by atoms with E-state index in [0.29, 0.717) is 22.1 Å². The van der Waals surface area contributed by atoms with Crippen LogP contribution >= 0.6 is 27.5 Å². The summed E-state index contributed by atoms with van der Waals surface area (Å²) in [6.45, 7) is 2.01. The van der Waals surface area contributed by atoms with Crippen molar-refractivity contribution in [1.82, 2.24) is 20.2 Å². The maximum atomic E-state index is 6.04. The van der Waals surface area contributed by atoms with E-state index in [2.05, 4.69) is 31.5 Å². The average Bonchev–Trinajstić information content (AvgIpc) is 2.93. The summed E-state index contributed by atoms with van der Waals surface area (Å²) < 4.78 is 2.67. The van der Waals surface area contributed by atoms with Crippen LogP contribution in [0.2, 0.25) is 5.02 Å². The van der Waals surface area contributed by atoms with Crippen LogP contribution < -0.4 is 5.73 Å². The second-order valence-electron chi connectivity index (χ2n) is 4.58. The maximum absolute atomic E-state index is 6.04. The zero-order valence-electron chi connectivity index (χ0n) is 11.1. The zero-order valence-corrected chi connectivity index (χ0v) is 13.4. The van der Waals surface area contributed by atoms with Crippen LogP contribution in [0.3, 0.4) is 0 Å². The van der Waals surface area contributed by atoms with E-state index in [1.165, 1.54) is 0 Å². The second kappa shape index (κ2) is 5.46. The van der Waals surface area contributed by atoms with Gasteiger partial charge in [0.05, 0.1) is 5.69 Å². The first kappa shape index (κ1) is 14.0. The van der Waals surface area contributed by atoms with Gasteiger partial charge in [-0.15, -0.1) is 5.10 Å². The summed E-state index contributed by atoms with van der Waals surface area (Å²) in [4.78, 5) is 0. The second-order valence-corrected chi connectivity index (χ2v) is 5.87. The number of benzene rings is 2. The van der Waals surface area contributed by atoms with Gasteiger partial charge in [-0.1, -0.05) is 27.5 Å². The summed E-state index contributed by atoms with van der Waals surface area (Å²) in [5.74, 6) is 0.553. The van der Waals surface area contributed by atoms with Crippen LogP contribution in [-0.4, -0.2) is 20.2 Å². The molecular weight excluding hydrogens is 354 g/mol. The van der Waals surface area contributed by atoms with E-state index in [0.717, 1.165) is 15.7 Å². The van der Waals surface area contributed by atoms with Crippen LogP contribution in [0.15, 0.2) is 40.9 Å². The van der Waals surface area contributed by atoms with Gasteiger partial charge in [-0.2, -0.15) is 4.68 Å². The number of anilines is 1. The Hall–Kier alpha value is -1.92. The molecule has 21 heavy (non-hydrogen) atoms. The fourth-order valence-electron chi connectivity index (χ4n) is 2.01. The molecule has 3 aromatic rings. The SMILES string of the molecule is Cc1cc(-n2nnnc2-c2cc(Cl)ccc2N)ccc1Br. The Bertz CT molecular complexity index is 815. The minimum absolute atomic E-state index is 0.553. The summed E-state index contributed by atoms with van der Waals surface area (Å²) in [5.41, 5.74) is 9.23. The first-order valence-corrected chi connectivity index (χ1v) is 7.33. The molecule has 106 valence electrons. The number of nitrogen functional groups attached to an aromatic ring is 1. The van der Waals surface area contributed by atoms with Crippen molar-refractivity contribution in [3.05, 3.63) is 51.5 Å². The van der Waals surface area contributed by atoms with Crippen molar-refractivity contribution in [2.24, 2.45) is 0 Å². The molecule has 0 spiro atoms. The summed E-state index contributed by atoms with van der Waals surface area (Å²) in [7, 11) is 0. The molecule has 1 aromatic heterocycles. The van der Waals surface area contributed by atoms with Gasteiger partial charge in [0.15, 0.2) is 5.82 Å². The van der Waals surface area contributed by atoms with Gasteiger partial charge in [0.25, 0.3) is 0 Å². The number of nitrogens with two attached hydrogens (primary N) is 1. The van der Waals surface area contributed by atoms with Crippen LogP contribution in [0.25, 0.3) is 17.1 Å². The number of hydrogen-bond acceptors (Lipinski definition) is 4. The third-order valence-electron chi connectivity index (χ3n) is 3.11. The summed E-state index contributed by atoms with van der Waals surface area (Å²) in [5, 5.41) is 12.4. The highest BCUT2D eigenvalue weighted by Gasteiger charge is 2.14. The highest BCUT2D eigenvalue weighted by Crippen LogP contribution is 2.29. The Balaban J connectivity index is 2.17. The molecule has 0 amide bonds. The molecule has 0 saturated heterocycles. The molecule has 0 aliphatic carbocycles. The highest BCUT2D eigenvalue weighted by atomic mass is 79.9. The molecule has 0 atom stereocenters. The number of hydrogen-bond donors (Lipinski definition) is 1. The molecule has 3 rings (SSSR count). The van der Waals surface area contributed by atoms with E-state index < -0.39 is 0 Å². The maximum Gasteiger partial charge on any atom is 0.189 e. The van der Waals surface area contributed by atoms with Gasteiger partial charge in [-0.25, -0.2) is 0 Å². The van der Waals surface area contributed by atoms with E-state index in [1.54, 1.807) is 22.9 Å². The molecule has 0 fully saturated rings. The lowest BCUT2D eigenvalue weighted by molar-refractivity contribution is 0.790. The van der Waals surface area contributed by atoms with Crippen molar-refractivity contribution in [1.29, 1.82) is 0 Å². The summed E-state index contributed by atoms with van der Waals surface area (Å²) in [6, 6.07) is 11.1. The topological polar surface area (TPSA) is 69.6 Å². The Morgan fingerprint density at radius 3 is 2.76 bits per heavy atom. The fraction of sp³-hybridized carbons (Fsp3) is 0.0714. The molecular formula is C14H11BrClN5. The molecule has 0 aliphatic heterocycles. The number of aromatic nitrogens is 4. The molecule has 0 saturated carbocycles. The van der Waals surface area contributed by atoms with Crippen LogP contribution in [0, 0.1) is 6.92 Å². The Kier molecular flexibility index (Phi) is 3.65. The molecule has 0 radical (unpaired) electrons. The third-order valence-corrected chi connectivity index (χ3v) is 4.24. The minimum Gasteiger partial charge on any atom is -0.398 e. The predicted molar refractivity (Wildman–Crippen MR) is 86.4 cm³/mol. The summed E-state index contributed by atoms with van der Waals surface area (Å²) >= 11 is 9.52. The quantitative estimate of drug-likeness (QED) is 0.705. The van der Waals surface area contributed by atoms with Crippen LogP contribution in [-0.2, 0) is 0 Å². The standard InChI is InChI=1S/C14H11BrClN5/c1-8-6-10(3-4-12(8)15)21-14(18-19-20-21)11-7-9(16)2-5-13(11)17/h2-7H,17H2,1H3. The van der Waals surface area contributed by atoms with Crippen LogP contribution in [0.4, 0.5) is 5.69 Å². The molecule has 1 heterocycles. The highest BCUT2D eigenvalue weighted by molar-refractivity contribution is 9.10. The molecule has 7 heteroatoms. The molecule has 5 nitrogen and oxygen atoms in total. The lowest BCUT2D eigenvalue weighted by atomic mass is 10.1. The Labute approximate surface area is 134 Å². The van der Waals surface area contributed by atoms with Gasteiger partial charge in [-0.3, -0.25) is 0 Å². The first-order chi connectivity index (χ1) is 10.1. The van der Waals surface area contributed by atoms with Gasteiger partial charge in [0.2, 0.25) is 0 Å².